The van der Waals surface area contributed by atoms with Crippen molar-refractivity contribution in [2.24, 2.45) is 7.05 Å². The summed E-state index contributed by atoms with van der Waals surface area (Å²) in [5.74, 6) is 1.52. The standard InChI is InChI=1S/C15H20N4OS/c1-11(13-7-5-4-6-8-13)9-16-14(20)10-21-15-18-17-12(2)19(15)3/h4-8,11H,9-10H2,1-3H3,(H,16,20)/t11-/m0/s1. The summed E-state index contributed by atoms with van der Waals surface area (Å²) >= 11 is 1.40. The van der Waals surface area contributed by atoms with Crippen LogP contribution in [0.25, 0.3) is 0 Å². The minimum absolute atomic E-state index is 0.0171. The lowest BCUT2D eigenvalue weighted by molar-refractivity contribution is -0.118. The van der Waals surface area contributed by atoms with E-state index in [9.17, 15) is 4.79 Å². The molecule has 0 spiro atoms. The maximum Gasteiger partial charge on any atom is 0.230 e. The summed E-state index contributed by atoms with van der Waals surface area (Å²) in [5, 5.41) is 11.7. The van der Waals surface area contributed by atoms with Gasteiger partial charge in [-0.15, -0.1) is 10.2 Å². The topological polar surface area (TPSA) is 59.8 Å². The highest BCUT2D eigenvalue weighted by Crippen LogP contribution is 2.15. The monoisotopic (exact) mass is 304 g/mol. The molecular weight excluding hydrogens is 284 g/mol. The van der Waals surface area contributed by atoms with Crippen LogP contribution in [0.4, 0.5) is 0 Å². The zero-order valence-electron chi connectivity index (χ0n) is 12.5. The number of hydrogen-bond acceptors (Lipinski definition) is 4. The first-order chi connectivity index (χ1) is 10.1. The Morgan fingerprint density at radius 3 is 2.67 bits per heavy atom. The number of thioether (sulfide) groups is 1. The van der Waals surface area contributed by atoms with Crippen molar-refractivity contribution in [2.75, 3.05) is 12.3 Å². The van der Waals surface area contributed by atoms with Crippen LogP contribution >= 0.6 is 11.8 Å². The molecule has 1 atom stereocenters. The second-order valence-electron chi connectivity index (χ2n) is 4.99. The number of hydrogen-bond donors (Lipinski definition) is 1. The Morgan fingerprint density at radius 1 is 1.33 bits per heavy atom. The lowest BCUT2D eigenvalue weighted by Crippen LogP contribution is -2.29. The molecule has 5 nitrogen and oxygen atoms in total. The summed E-state index contributed by atoms with van der Waals surface area (Å²) in [6.07, 6.45) is 0. The normalized spacial score (nSPS) is 12.1. The fourth-order valence-corrected chi connectivity index (χ4v) is 2.65. The van der Waals surface area contributed by atoms with Crippen molar-refractivity contribution < 1.29 is 4.79 Å². The number of benzene rings is 1. The number of rotatable bonds is 6. The Bertz CT molecular complexity index is 597. The van der Waals surface area contributed by atoms with Crippen LogP contribution in [-0.2, 0) is 11.8 Å². The molecular formula is C15H20N4OS. The van der Waals surface area contributed by atoms with Crippen LogP contribution in [0.3, 0.4) is 0 Å². The third-order valence-electron chi connectivity index (χ3n) is 3.36. The third-order valence-corrected chi connectivity index (χ3v) is 4.38. The molecule has 1 aromatic carbocycles. The van der Waals surface area contributed by atoms with Gasteiger partial charge in [0.05, 0.1) is 5.75 Å². The first-order valence-corrected chi connectivity index (χ1v) is 7.87. The van der Waals surface area contributed by atoms with E-state index in [1.54, 1.807) is 0 Å². The van der Waals surface area contributed by atoms with E-state index in [2.05, 4.69) is 34.6 Å². The maximum absolute atomic E-state index is 11.9. The first-order valence-electron chi connectivity index (χ1n) is 6.88. The van der Waals surface area contributed by atoms with Crippen LogP contribution < -0.4 is 5.32 Å². The average molecular weight is 304 g/mol. The molecule has 0 saturated heterocycles. The quantitative estimate of drug-likeness (QED) is 0.831. The number of nitrogens with one attached hydrogen (secondary N) is 1. The fourth-order valence-electron chi connectivity index (χ4n) is 1.86. The van der Waals surface area contributed by atoms with Crippen molar-refractivity contribution in [3.8, 4) is 0 Å². The minimum Gasteiger partial charge on any atom is -0.355 e. The summed E-state index contributed by atoms with van der Waals surface area (Å²) in [5.41, 5.74) is 1.23. The van der Waals surface area contributed by atoms with Gasteiger partial charge in [0, 0.05) is 13.6 Å². The summed E-state index contributed by atoms with van der Waals surface area (Å²) in [6, 6.07) is 10.2. The average Bonchev–Trinajstić information content (AvgIpc) is 2.83. The zero-order valence-corrected chi connectivity index (χ0v) is 13.4. The number of carbonyl (C=O) groups excluding carboxylic acids is 1. The molecule has 1 N–H and O–H groups in total. The molecule has 0 fully saturated rings. The number of amides is 1. The van der Waals surface area contributed by atoms with Gasteiger partial charge in [-0.1, -0.05) is 49.0 Å². The molecule has 112 valence electrons. The molecule has 1 aromatic heterocycles. The van der Waals surface area contributed by atoms with E-state index in [1.165, 1.54) is 17.3 Å². The van der Waals surface area contributed by atoms with Crippen molar-refractivity contribution in [3.05, 3.63) is 41.7 Å². The van der Waals surface area contributed by atoms with Crippen LogP contribution in [0.15, 0.2) is 35.5 Å². The molecule has 2 aromatic rings. The molecule has 0 aliphatic rings. The van der Waals surface area contributed by atoms with Crippen molar-refractivity contribution in [1.82, 2.24) is 20.1 Å². The van der Waals surface area contributed by atoms with Gasteiger partial charge in [-0.25, -0.2) is 0 Å². The summed E-state index contributed by atoms with van der Waals surface area (Å²) < 4.78 is 1.88. The Morgan fingerprint density at radius 2 is 2.05 bits per heavy atom. The molecule has 1 heterocycles. The summed E-state index contributed by atoms with van der Waals surface area (Å²) in [6.45, 7) is 4.63. The van der Waals surface area contributed by atoms with Gasteiger partial charge in [0.1, 0.15) is 5.82 Å². The smallest absolute Gasteiger partial charge is 0.230 e. The van der Waals surface area contributed by atoms with E-state index >= 15 is 0 Å². The first kappa shape index (κ1) is 15.6. The van der Waals surface area contributed by atoms with Gasteiger partial charge in [0.15, 0.2) is 5.16 Å². The number of carbonyl (C=O) groups is 1. The van der Waals surface area contributed by atoms with Crippen LogP contribution in [-0.4, -0.2) is 33.0 Å². The van der Waals surface area contributed by atoms with Crippen molar-refractivity contribution in [2.45, 2.75) is 24.9 Å². The van der Waals surface area contributed by atoms with Crippen molar-refractivity contribution in [1.29, 1.82) is 0 Å². The fraction of sp³-hybridized carbons (Fsp3) is 0.400. The largest absolute Gasteiger partial charge is 0.355 e. The predicted octanol–water partition coefficient (Wildman–Crippen LogP) is 2.14. The predicted molar refractivity (Wildman–Crippen MR) is 84.3 cm³/mol. The van der Waals surface area contributed by atoms with Gasteiger partial charge in [-0.05, 0) is 18.4 Å². The van der Waals surface area contributed by atoms with E-state index in [0.717, 1.165) is 11.0 Å². The van der Waals surface area contributed by atoms with Gasteiger partial charge in [-0.2, -0.15) is 0 Å². The summed E-state index contributed by atoms with van der Waals surface area (Å²) in [4.78, 5) is 11.9. The van der Waals surface area contributed by atoms with Crippen LogP contribution in [0.1, 0.15) is 24.2 Å². The highest BCUT2D eigenvalue weighted by atomic mass is 32.2. The molecule has 2 rings (SSSR count). The van der Waals surface area contributed by atoms with E-state index in [4.69, 9.17) is 0 Å². The Labute approximate surface area is 129 Å². The molecule has 21 heavy (non-hydrogen) atoms. The lowest BCUT2D eigenvalue weighted by atomic mass is 10.0. The van der Waals surface area contributed by atoms with Gasteiger partial charge < -0.3 is 9.88 Å². The number of nitrogens with zero attached hydrogens (tertiary/aromatic N) is 3. The van der Waals surface area contributed by atoms with Gasteiger partial charge in [-0.3, -0.25) is 4.79 Å². The zero-order chi connectivity index (χ0) is 15.2. The van der Waals surface area contributed by atoms with E-state index < -0.39 is 0 Å². The molecule has 0 aliphatic heterocycles. The second-order valence-corrected chi connectivity index (χ2v) is 5.94. The van der Waals surface area contributed by atoms with Crippen molar-refractivity contribution >= 4 is 17.7 Å². The lowest BCUT2D eigenvalue weighted by Gasteiger charge is -2.12. The molecule has 0 unspecified atom stereocenters. The Kier molecular flexibility index (Phi) is 5.38. The van der Waals surface area contributed by atoms with Crippen LogP contribution in [0.5, 0.6) is 0 Å². The molecule has 1 amide bonds. The SMILES string of the molecule is Cc1nnc(SCC(=O)NC[C@H](C)c2ccccc2)n1C. The Hall–Kier alpha value is -1.82. The van der Waals surface area contributed by atoms with Gasteiger partial charge in [0.2, 0.25) is 5.91 Å². The van der Waals surface area contributed by atoms with E-state index in [1.807, 2.05) is 36.7 Å². The Balaban J connectivity index is 1.76. The van der Waals surface area contributed by atoms with E-state index in [0.29, 0.717) is 18.2 Å². The molecule has 0 bridgehead atoms. The second kappa shape index (κ2) is 7.26. The molecule has 0 aliphatic carbocycles. The molecule has 0 saturated carbocycles. The van der Waals surface area contributed by atoms with Gasteiger partial charge in [0.25, 0.3) is 0 Å². The number of aromatic nitrogens is 3. The molecule has 0 radical (unpaired) electrons. The number of aryl methyl sites for hydroxylation is 1. The minimum atomic E-state index is 0.0171. The molecule has 6 heteroatoms. The van der Waals surface area contributed by atoms with Crippen LogP contribution in [0.2, 0.25) is 0 Å². The third kappa shape index (κ3) is 4.32. The highest BCUT2D eigenvalue weighted by molar-refractivity contribution is 7.99. The van der Waals surface area contributed by atoms with Crippen molar-refractivity contribution in [3.63, 3.8) is 0 Å². The highest BCUT2D eigenvalue weighted by Gasteiger charge is 2.10. The van der Waals surface area contributed by atoms with E-state index in [-0.39, 0.29) is 5.91 Å². The summed E-state index contributed by atoms with van der Waals surface area (Å²) in [7, 11) is 1.90. The van der Waals surface area contributed by atoms with Crippen LogP contribution in [0, 0.1) is 6.92 Å². The van der Waals surface area contributed by atoms with Gasteiger partial charge >= 0.3 is 0 Å². The maximum atomic E-state index is 11.9.